The molecule has 0 spiro atoms. The minimum absolute atomic E-state index is 0.248. The molecule has 2 heteroatoms. The van der Waals surface area contributed by atoms with E-state index in [1.54, 1.807) is 0 Å². The van der Waals surface area contributed by atoms with E-state index in [9.17, 15) is 0 Å². The molecule has 22 heavy (non-hydrogen) atoms. The van der Waals surface area contributed by atoms with Gasteiger partial charge in [-0.05, 0) is 60.0 Å². The number of rotatable bonds is 4. The van der Waals surface area contributed by atoms with Crippen molar-refractivity contribution in [1.82, 2.24) is 0 Å². The molecule has 1 aromatic carbocycles. The highest BCUT2D eigenvalue weighted by atomic mass is 28.4. The molecule has 0 aromatic heterocycles. The molecule has 1 nitrogen and oxygen atoms in total. The highest BCUT2D eigenvalue weighted by Gasteiger charge is 2.37. The average molecular weight is 315 g/mol. The Bertz CT molecular complexity index is 574. The smallest absolute Gasteiger partial charge is 0.192 e. The fourth-order valence-corrected chi connectivity index (χ4v) is 3.73. The van der Waals surface area contributed by atoms with Crippen molar-refractivity contribution in [1.29, 1.82) is 0 Å². The molecule has 0 N–H and O–H groups in total. The first kappa shape index (κ1) is 17.3. The molecule has 120 valence electrons. The Kier molecular flexibility index (Phi) is 5.16. The largest absolute Gasteiger partial charge is 0.412 e. The zero-order valence-corrected chi connectivity index (χ0v) is 15.8. The van der Waals surface area contributed by atoms with Crippen LogP contribution in [-0.4, -0.2) is 14.9 Å². The predicted octanol–water partition coefficient (Wildman–Crippen LogP) is 5.52. The van der Waals surface area contributed by atoms with E-state index >= 15 is 0 Å². The summed E-state index contributed by atoms with van der Waals surface area (Å²) in [6, 6.07) is 8.81. The first-order valence-electron chi connectivity index (χ1n) is 8.34. The first-order chi connectivity index (χ1) is 10.2. The van der Waals surface area contributed by atoms with Crippen LogP contribution in [0, 0.1) is 5.92 Å². The normalized spacial score (nSPS) is 18.5. The lowest BCUT2D eigenvalue weighted by atomic mass is 9.80. The SMILES string of the molecule is C=C=C(CO[Si](C)(C)C(C)(C)C)C1CCc2ccccc2C1. The molecule has 2 rings (SSSR count). The molecule has 0 amide bonds. The molecule has 1 aliphatic carbocycles. The van der Waals surface area contributed by atoms with Crippen molar-refractivity contribution in [3.63, 3.8) is 0 Å². The summed E-state index contributed by atoms with van der Waals surface area (Å²) in [7, 11) is -1.71. The van der Waals surface area contributed by atoms with Crippen molar-refractivity contribution in [3.05, 3.63) is 53.3 Å². The summed E-state index contributed by atoms with van der Waals surface area (Å²) in [6.07, 6.45) is 3.46. The van der Waals surface area contributed by atoms with Gasteiger partial charge in [-0.15, -0.1) is 5.73 Å². The van der Waals surface area contributed by atoms with Crippen LogP contribution >= 0.6 is 0 Å². The molecular weight excluding hydrogens is 284 g/mol. The minimum atomic E-state index is -1.71. The van der Waals surface area contributed by atoms with E-state index in [-0.39, 0.29) is 5.04 Å². The van der Waals surface area contributed by atoms with Crippen molar-refractivity contribution < 1.29 is 4.43 Å². The second-order valence-corrected chi connectivity index (χ2v) is 12.8. The quantitative estimate of drug-likeness (QED) is 0.525. The highest BCUT2D eigenvalue weighted by molar-refractivity contribution is 6.74. The van der Waals surface area contributed by atoms with Gasteiger partial charge in [0.2, 0.25) is 0 Å². The summed E-state index contributed by atoms with van der Waals surface area (Å²) < 4.78 is 6.39. The summed E-state index contributed by atoms with van der Waals surface area (Å²) in [5, 5.41) is 0.248. The second-order valence-electron chi connectivity index (χ2n) is 7.96. The Labute approximate surface area is 137 Å². The summed E-state index contributed by atoms with van der Waals surface area (Å²) in [5.74, 6) is 0.539. The Morgan fingerprint density at radius 1 is 1.27 bits per heavy atom. The van der Waals surface area contributed by atoms with Crippen molar-refractivity contribution in [2.24, 2.45) is 5.92 Å². The lowest BCUT2D eigenvalue weighted by molar-refractivity contribution is 0.300. The van der Waals surface area contributed by atoms with Gasteiger partial charge < -0.3 is 4.43 Å². The predicted molar refractivity (Wildman–Crippen MR) is 97.8 cm³/mol. The monoisotopic (exact) mass is 314 g/mol. The highest BCUT2D eigenvalue weighted by Crippen LogP contribution is 2.37. The van der Waals surface area contributed by atoms with Gasteiger partial charge in [0, 0.05) is 0 Å². The van der Waals surface area contributed by atoms with Crippen LogP contribution in [-0.2, 0) is 17.3 Å². The molecular formula is C20H30OSi. The standard InChI is InChI=1S/C20H30OSi/c1-7-16(15-21-22(5,6)20(2,3)4)19-13-12-17-10-8-9-11-18(17)14-19/h8-11,19H,1,12-15H2,2-6H3. The van der Waals surface area contributed by atoms with Crippen LogP contribution in [0.5, 0.6) is 0 Å². The lowest BCUT2D eigenvalue weighted by Gasteiger charge is -2.37. The Hall–Kier alpha value is -1.08. The van der Waals surface area contributed by atoms with Crippen LogP contribution in [0.2, 0.25) is 18.1 Å². The third-order valence-electron chi connectivity index (χ3n) is 5.46. The maximum absolute atomic E-state index is 6.39. The van der Waals surface area contributed by atoms with Gasteiger partial charge >= 0.3 is 0 Å². The topological polar surface area (TPSA) is 9.23 Å². The number of hydrogen-bond donors (Lipinski definition) is 0. The van der Waals surface area contributed by atoms with Gasteiger partial charge in [0.1, 0.15) is 0 Å². The molecule has 1 unspecified atom stereocenters. The third kappa shape index (κ3) is 3.81. The zero-order valence-electron chi connectivity index (χ0n) is 14.8. The second kappa shape index (κ2) is 6.58. The van der Waals surface area contributed by atoms with Gasteiger partial charge in [-0.3, -0.25) is 0 Å². The molecule has 0 saturated carbocycles. The van der Waals surface area contributed by atoms with Crippen molar-refractivity contribution >= 4 is 8.32 Å². The van der Waals surface area contributed by atoms with Gasteiger partial charge in [-0.25, -0.2) is 0 Å². The maximum atomic E-state index is 6.39. The summed E-state index contributed by atoms with van der Waals surface area (Å²) in [6.45, 7) is 16.1. The van der Waals surface area contributed by atoms with E-state index in [0.717, 1.165) is 12.8 Å². The van der Waals surface area contributed by atoms with Crippen LogP contribution in [0.3, 0.4) is 0 Å². The van der Waals surface area contributed by atoms with E-state index in [1.165, 1.54) is 23.1 Å². The molecule has 0 fully saturated rings. The summed E-state index contributed by atoms with van der Waals surface area (Å²) in [4.78, 5) is 0. The average Bonchev–Trinajstić information content (AvgIpc) is 2.46. The lowest BCUT2D eigenvalue weighted by Crippen LogP contribution is -2.41. The minimum Gasteiger partial charge on any atom is -0.412 e. The molecule has 1 aliphatic rings. The molecule has 1 atom stereocenters. The zero-order chi connectivity index (χ0) is 16.4. The number of aryl methyl sites for hydroxylation is 1. The summed E-state index contributed by atoms with van der Waals surface area (Å²) >= 11 is 0. The van der Waals surface area contributed by atoms with Crippen LogP contribution in [0.15, 0.2) is 42.1 Å². The third-order valence-corrected chi connectivity index (χ3v) is 9.94. The Morgan fingerprint density at radius 2 is 1.91 bits per heavy atom. The van der Waals surface area contributed by atoms with Crippen LogP contribution < -0.4 is 0 Å². The van der Waals surface area contributed by atoms with Gasteiger partial charge in [-0.2, -0.15) is 0 Å². The molecule has 0 saturated heterocycles. The van der Waals surface area contributed by atoms with Gasteiger partial charge in [0.05, 0.1) is 6.61 Å². The van der Waals surface area contributed by atoms with E-state index in [0.29, 0.717) is 12.5 Å². The number of fused-ring (bicyclic) bond motifs is 1. The molecule has 0 aliphatic heterocycles. The fourth-order valence-electron chi connectivity index (χ4n) is 2.78. The number of benzene rings is 1. The van der Waals surface area contributed by atoms with E-state index in [1.807, 2.05) is 0 Å². The number of hydrogen-bond acceptors (Lipinski definition) is 1. The first-order valence-corrected chi connectivity index (χ1v) is 11.2. The molecule has 1 aromatic rings. The van der Waals surface area contributed by atoms with Crippen molar-refractivity contribution in [2.45, 2.75) is 58.2 Å². The van der Waals surface area contributed by atoms with Crippen molar-refractivity contribution in [2.75, 3.05) is 6.61 Å². The Morgan fingerprint density at radius 3 is 2.50 bits per heavy atom. The van der Waals surface area contributed by atoms with Crippen LogP contribution in [0.1, 0.15) is 38.3 Å². The van der Waals surface area contributed by atoms with Gasteiger partial charge in [0.25, 0.3) is 0 Å². The van der Waals surface area contributed by atoms with E-state index in [4.69, 9.17) is 4.43 Å². The van der Waals surface area contributed by atoms with Crippen LogP contribution in [0.4, 0.5) is 0 Å². The van der Waals surface area contributed by atoms with Gasteiger partial charge in [0.15, 0.2) is 8.32 Å². The maximum Gasteiger partial charge on any atom is 0.192 e. The molecule has 0 heterocycles. The van der Waals surface area contributed by atoms with Gasteiger partial charge in [-0.1, -0.05) is 51.6 Å². The molecule has 0 radical (unpaired) electrons. The van der Waals surface area contributed by atoms with E-state index < -0.39 is 8.32 Å². The fraction of sp³-hybridized carbons (Fsp3) is 0.550. The summed E-state index contributed by atoms with van der Waals surface area (Å²) in [5.41, 5.74) is 7.45. The molecule has 0 bridgehead atoms. The Balaban J connectivity index is 2.04. The van der Waals surface area contributed by atoms with Crippen molar-refractivity contribution in [3.8, 4) is 0 Å². The van der Waals surface area contributed by atoms with Crippen LogP contribution in [0.25, 0.3) is 0 Å². The van der Waals surface area contributed by atoms with E-state index in [2.05, 4.69) is 70.4 Å².